The van der Waals surface area contributed by atoms with Crippen LogP contribution in [0.25, 0.3) is 0 Å². The lowest BCUT2D eigenvalue weighted by Crippen LogP contribution is -2.34. The van der Waals surface area contributed by atoms with Gasteiger partial charge in [0.05, 0.1) is 10.5 Å². The van der Waals surface area contributed by atoms with E-state index >= 15 is 0 Å². The van der Waals surface area contributed by atoms with Crippen molar-refractivity contribution in [3.05, 3.63) is 65.2 Å². The number of carbonyl (C=O) groups is 2. The number of nitrogens with zero attached hydrogens (tertiary/aromatic N) is 1. The standard InChI is InChI=1S/C18H18F2N2O5S/c1-2-22(10-12-4-3-5-13(19)8-12)17(23)11-27-18(24)15-9-14(28(21,25)26)6-7-16(15)20/h3-9H,2,10-11H2,1H3,(H2,21,25,26). The molecule has 0 aliphatic rings. The van der Waals surface area contributed by atoms with Gasteiger partial charge in [-0.2, -0.15) is 0 Å². The topological polar surface area (TPSA) is 107 Å². The highest BCUT2D eigenvalue weighted by Gasteiger charge is 2.20. The van der Waals surface area contributed by atoms with Crippen molar-refractivity contribution < 1.29 is 31.5 Å². The van der Waals surface area contributed by atoms with Crippen molar-refractivity contribution in [3.63, 3.8) is 0 Å². The number of esters is 1. The Labute approximate surface area is 160 Å². The largest absolute Gasteiger partial charge is 0.452 e. The molecule has 0 heterocycles. The Morgan fingerprint density at radius 2 is 1.86 bits per heavy atom. The number of carbonyl (C=O) groups excluding carboxylic acids is 2. The normalized spacial score (nSPS) is 11.1. The smallest absolute Gasteiger partial charge is 0.341 e. The molecule has 10 heteroatoms. The summed E-state index contributed by atoms with van der Waals surface area (Å²) in [4.78, 5) is 25.2. The van der Waals surface area contributed by atoms with Crippen LogP contribution >= 0.6 is 0 Å². The highest BCUT2D eigenvalue weighted by Crippen LogP contribution is 2.15. The molecule has 0 unspecified atom stereocenters. The minimum Gasteiger partial charge on any atom is -0.452 e. The summed E-state index contributed by atoms with van der Waals surface area (Å²) < 4.78 is 54.5. The van der Waals surface area contributed by atoms with Gasteiger partial charge in [0.25, 0.3) is 5.91 Å². The van der Waals surface area contributed by atoms with Gasteiger partial charge < -0.3 is 9.64 Å². The van der Waals surface area contributed by atoms with E-state index < -0.39 is 50.6 Å². The van der Waals surface area contributed by atoms with Gasteiger partial charge in [-0.1, -0.05) is 12.1 Å². The van der Waals surface area contributed by atoms with Crippen LogP contribution < -0.4 is 5.14 Å². The fraction of sp³-hybridized carbons (Fsp3) is 0.222. The van der Waals surface area contributed by atoms with E-state index in [-0.39, 0.29) is 13.1 Å². The lowest BCUT2D eigenvalue weighted by molar-refractivity contribution is -0.135. The number of hydrogen-bond acceptors (Lipinski definition) is 5. The Morgan fingerprint density at radius 1 is 1.14 bits per heavy atom. The second-order valence-electron chi connectivity index (χ2n) is 5.80. The van der Waals surface area contributed by atoms with Gasteiger partial charge in [0.1, 0.15) is 11.6 Å². The number of halogens is 2. The van der Waals surface area contributed by atoms with E-state index in [1.807, 2.05) is 0 Å². The number of rotatable bonds is 7. The Bertz CT molecular complexity index is 995. The molecule has 28 heavy (non-hydrogen) atoms. The quantitative estimate of drug-likeness (QED) is 0.698. The van der Waals surface area contributed by atoms with Gasteiger partial charge in [-0.25, -0.2) is 27.1 Å². The number of amides is 1. The number of nitrogens with two attached hydrogens (primary N) is 1. The summed E-state index contributed by atoms with van der Waals surface area (Å²) in [6.07, 6.45) is 0. The van der Waals surface area contributed by atoms with Crippen LogP contribution in [0.15, 0.2) is 47.4 Å². The summed E-state index contributed by atoms with van der Waals surface area (Å²) in [5.41, 5.74) is -0.110. The van der Waals surface area contributed by atoms with Crippen molar-refractivity contribution in [2.24, 2.45) is 5.14 Å². The lowest BCUT2D eigenvalue weighted by Gasteiger charge is -2.21. The second kappa shape index (κ2) is 8.89. The number of sulfonamides is 1. The van der Waals surface area contributed by atoms with Crippen molar-refractivity contribution in [2.75, 3.05) is 13.2 Å². The first-order chi connectivity index (χ1) is 13.1. The highest BCUT2D eigenvalue weighted by atomic mass is 32.2. The summed E-state index contributed by atoms with van der Waals surface area (Å²) >= 11 is 0. The van der Waals surface area contributed by atoms with Gasteiger partial charge in [0, 0.05) is 13.1 Å². The molecule has 0 aliphatic carbocycles. The molecule has 0 aliphatic heterocycles. The number of ether oxygens (including phenoxy) is 1. The summed E-state index contributed by atoms with van der Waals surface area (Å²) in [6, 6.07) is 8.10. The van der Waals surface area contributed by atoms with Crippen molar-refractivity contribution in [1.29, 1.82) is 0 Å². The van der Waals surface area contributed by atoms with E-state index in [2.05, 4.69) is 0 Å². The van der Waals surface area contributed by atoms with Gasteiger partial charge in [-0.05, 0) is 42.8 Å². The molecule has 2 N–H and O–H groups in total. The first kappa shape index (κ1) is 21.5. The van der Waals surface area contributed by atoms with Crippen molar-refractivity contribution in [1.82, 2.24) is 4.90 Å². The molecule has 0 fully saturated rings. The molecule has 0 saturated carbocycles. The number of benzene rings is 2. The van der Waals surface area contributed by atoms with E-state index in [0.29, 0.717) is 5.56 Å². The van der Waals surface area contributed by atoms with E-state index in [0.717, 1.165) is 18.2 Å². The van der Waals surface area contributed by atoms with E-state index in [4.69, 9.17) is 9.88 Å². The third kappa shape index (κ3) is 5.57. The van der Waals surface area contributed by atoms with Crippen molar-refractivity contribution >= 4 is 21.9 Å². The highest BCUT2D eigenvalue weighted by molar-refractivity contribution is 7.89. The molecule has 0 radical (unpaired) electrons. The zero-order chi connectivity index (χ0) is 20.9. The third-order valence-corrected chi connectivity index (χ3v) is 4.72. The Morgan fingerprint density at radius 3 is 2.46 bits per heavy atom. The number of primary sulfonamides is 1. The van der Waals surface area contributed by atoms with Crippen LogP contribution in [0.3, 0.4) is 0 Å². The van der Waals surface area contributed by atoms with Gasteiger partial charge in [-0.15, -0.1) is 0 Å². The lowest BCUT2D eigenvalue weighted by atomic mass is 10.2. The molecule has 7 nitrogen and oxygen atoms in total. The minimum absolute atomic E-state index is 0.0971. The van der Waals surface area contributed by atoms with Crippen LogP contribution in [0.4, 0.5) is 8.78 Å². The van der Waals surface area contributed by atoms with E-state index in [1.54, 1.807) is 13.0 Å². The molecule has 0 atom stereocenters. The number of likely N-dealkylation sites (N-methyl/N-ethyl adjacent to an activating group) is 1. The maximum Gasteiger partial charge on any atom is 0.341 e. The third-order valence-electron chi connectivity index (χ3n) is 3.81. The van der Waals surface area contributed by atoms with Crippen LogP contribution in [0.2, 0.25) is 0 Å². The monoisotopic (exact) mass is 412 g/mol. The molecule has 0 spiro atoms. The fourth-order valence-corrected chi connectivity index (χ4v) is 2.91. The molecular formula is C18H18F2N2O5S. The molecule has 2 aromatic rings. The first-order valence-corrected chi connectivity index (χ1v) is 9.68. The Kier molecular flexibility index (Phi) is 6.81. The average molecular weight is 412 g/mol. The average Bonchev–Trinajstić information content (AvgIpc) is 2.63. The van der Waals surface area contributed by atoms with Crippen LogP contribution in [0.1, 0.15) is 22.8 Å². The molecule has 1 amide bonds. The second-order valence-corrected chi connectivity index (χ2v) is 7.36. The summed E-state index contributed by atoms with van der Waals surface area (Å²) in [5.74, 6) is -3.25. The van der Waals surface area contributed by atoms with Gasteiger partial charge >= 0.3 is 5.97 Å². The first-order valence-electron chi connectivity index (χ1n) is 8.13. The van der Waals surface area contributed by atoms with Crippen LogP contribution in [0, 0.1) is 11.6 Å². The molecule has 2 rings (SSSR count). The zero-order valence-corrected chi connectivity index (χ0v) is 15.7. The molecular weight excluding hydrogens is 394 g/mol. The SMILES string of the molecule is CCN(Cc1cccc(F)c1)C(=O)COC(=O)c1cc(S(N)(=O)=O)ccc1F. The summed E-state index contributed by atoms with van der Waals surface area (Å²) in [7, 11) is -4.14. The molecule has 0 aromatic heterocycles. The van der Waals surface area contributed by atoms with Crippen LogP contribution in [-0.4, -0.2) is 38.3 Å². The zero-order valence-electron chi connectivity index (χ0n) is 14.9. The summed E-state index contributed by atoms with van der Waals surface area (Å²) in [6.45, 7) is 1.36. The number of hydrogen-bond donors (Lipinski definition) is 1. The van der Waals surface area contributed by atoms with Crippen LogP contribution in [0.5, 0.6) is 0 Å². The molecule has 2 aromatic carbocycles. The van der Waals surface area contributed by atoms with Crippen LogP contribution in [-0.2, 0) is 26.1 Å². The molecule has 150 valence electrons. The maximum atomic E-state index is 13.8. The van der Waals surface area contributed by atoms with E-state index in [1.165, 1.54) is 23.1 Å². The Hall–Kier alpha value is -2.85. The fourth-order valence-electron chi connectivity index (χ4n) is 2.37. The van der Waals surface area contributed by atoms with Crippen molar-refractivity contribution in [3.8, 4) is 0 Å². The predicted octanol–water partition coefficient (Wildman–Crippen LogP) is 1.82. The van der Waals surface area contributed by atoms with E-state index in [9.17, 15) is 26.8 Å². The maximum absolute atomic E-state index is 13.8. The van der Waals surface area contributed by atoms with Gasteiger partial charge in [0.15, 0.2) is 6.61 Å². The minimum atomic E-state index is -4.14. The molecule has 0 saturated heterocycles. The van der Waals surface area contributed by atoms with Gasteiger partial charge in [0.2, 0.25) is 10.0 Å². The predicted molar refractivity (Wildman–Crippen MR) is 95.5 cm³/mol. The van der Waals surface area contributed by atoms with Crippen molar-refractivity contribution in [2.45, 2.75) is 18.4 Å². The Balaban J connectivity index is 2.06. The summed E-state index contributed by atoms with van der Waals surface area (Å²) in [5, 5.41) is 4.95. The van der Waals surface area contributed by atoms with Gasteiger partial charge in [-0.3, -0.25) is 4.79 Å². The molecule has 0 bridgehead atoms.